The van der Waals surface area contributed by atoms with Gasteiger partial charge in [-0.1, -0.05) is 53.6 Å². The van der Waals surface area contributed by atoms with Gasteiger partial charge in [0.05, 0.1) is 18.8 Å². The van der Waals surface area contributed by atoms with Gasteiger partial charge in [0.2, 0.25) is 15.9 Å². The zero-order valence-corrected chi connectivity index (χ0v) is 17.6. The fourth-order valence-corrected chi connectivity index (χ4v) is 3.78. The summed E-state index contributed by atoms with van der Waals surface area (Å²) in [5, 5.41) is 3.36. The van der Waals surface area contributed by atoms with Gasteiger partial charge in [0.25, 0.3) is 0 Å². The van der Waals surface area contributed by atoms with E-state index in [1.807, 2.05) is 39.0 Å². The topological polar surface area (TPSA) is 66.5 Å². The largest absolute Gasteiger partial charge is 0.348 e. The molecule has 1 unspecified atom stereocenters. The van der Waals surface area contributed by atoms with Gasteiger partial charge in [0.1, 0.15) is 0 Å². The van der Waals surface area contributed by atoms with Crippen molar-refractivity contribution in [3.8, 4) is 0 Å². The Morgan fingerprint density at radius 1 is 1.19 bits per heavy atom. The fourth-order valence-electron chi connectivity index (χ4n) is 2.86. The minimum Gasteiger partial charge on any atom is -0.348 e. The van der Waals surface area contributed by atoms with Gasteiger partial charge in [0.15, 0.2) is 0 Å². The van der Waals surface area contributed by atoms with Gasteiger partial charge in [0, 0.05) is 11.6 Å². The molecule has 0 heterocycles. The first-order chi connectivity index (χ1) is 12.6. The smallest absolute Gasteiger partial charge is 0.235 e. The maximum absolute atomic E-state index is 12.5. The van der Waals surface area contributed by atoms with Crippen LogP contribution in [0.5, 0.6) is 0 Å². The molecule has 0 saturated carbocycles. The summed E-state index contributed by atoms with van der Waals surface area (Å²) in [6.07, 6.45) is 1.09. The molecule has 1 atom stereocenters. The normalized spacial score (nSPS) is 12.8. The molecule has 1 N–H and O–H groups in total. The molecule has 0 spiro atoms. The molecule has 27 heavy (non-hydrogen) atoms. The number of hydrogen-bond acceptors (Lipinski definition) is 3. The van der Waals surface area contributed by atoms with Crippen LogP contribution >= 0.6 is 11.6 Å². The number of nitrogens with zero attached hydrogens (tertiary/aromatic N) is 1. The van der Waals surface area contributed by atoms with Crippen LogP contribution in [-0.4, -0.2) is 31.4 Å². The van der Waals surface area contributed by atoms with Crippen LogP contribution < -0.4 is 5.32 Å². The number of hydrogen-bond donors (Lipinski definition) is 1. The standard InChI is InChI=1S/C20H25ClN2O3S/c1-14-9-10-15(2)18(11-14)16(3)22-20(24)13-23(27(4,25)26)12-17-7-5-6-8-19(17)21/h5-11,16H,12-13H2,1-4H3,(H,22,24). The van der Waals surface area contributed by atoms with E-state index in [4.69, 9.17) is 11.6 Å². The van der Waals surface area contributed by atoms with Gasteiger partial charge in [-0.05, 0) is 43.5 Å². The molecular formula is C20H25ClN2O3S. The number of carbonyl (C=O) groups excluding carboxylic acids is 1. The summed E-state index contributed by atoms with van der Waals surface area (Å²) in [5.74, 6) is -0.360. The molecule has 2 rings (SSSR count). The number of amides is 1. The Hall–Kier alpha value is -1.89. The Morgan fingerprint density at radius 3 is 2.48 bits per heavy atom. The Morgan fingerprint density at radius 2 is 1.85 bits per heavy atom. The lowest BCUT2D eigenvalue weighted by Crippen LogP contribution is -2.40. The van der Waals surface area contributed by atoms with Crippen LogP contribution in [0, 0.1) is 13.8 Å². The van der Waals surface area contributed by atoms with Gasteiger partial charge in [-0.15, -0.1) is 0 Å². The second-order valence-electron chi connectivity index (χ2n) is 6.77. The molecule has 0 aliphatic carbocycles. The highest BCUT2D eigenvalue weighted by atomic mass is 35.5. The molecule has 146 valence electrons. The van der Waals surface area contributed by atoms with E-state index >= 15 is 0 Å². The lowest BCUT2D eigenvalue weighted by Gasteiger charge is -2.22. The number of halogens is 1. The fraction of sp³-hybridized carbons (Fsp3) is 0.350. The van der Waals surface area contributed by atoms with E-state index in [0.29, 0.717) is 10.6 Å². The van der Waals surface area contributed by atoms with E-state index in [1.54, 1.807) is 24.3 Å². The molecule has 0 radical (unpaired) electrons. The van der Waals surface area contributed by atoms with Gasteiger partial charge >= 0.3 is 0 Å². The van der Waals surface area contributed by atoms with Gasteiger partial charge in [-0.2, -0.15) is 4.31 Å². The van der Waals surface area contributed by atoms with E-state index in [0.717, 1.165) is 27.3 Å². The maximum atomic E-state index is 12.5. The Kier molecular flexibility index (Phi) is 7.03. The van der Waals surface area contributed by atoms with Crippen molar-refractivity contribution in [2.24, 2.45) is 0 Å². The van der Waals surface area contributed by atoms with E-state index < -0.39 is 10.0 Å². The van der Waals surface area contributed by atoms with Crippen LogP contribution in [0.4, 0.5) is 0 Å². The average molecular weight is 409 g/mol. The molecule has 0 saturated heterocycles. The van der Waals surface area contributed by atoms with Crippen molar-refractivity contribution in [2.45, 2.75) is 33.4 Å². The summed E-state index contributed by atoms with van der Waals surface area (Å²) in [6, 6.07) is 12.8. The minimum atomic E-state index is -3.58. The average Bonchev–Trinajstić information content (AvgIpc) is 2.57. The highest BCUT2D eigenvalue weighted by molar-refractivity contribution is 7.88. The van der Waals surface area contributed by atoms with Gasteiger partial charge in [-0.3, -0.25) is 4.79 Å². The van der Waals surface area contributed by atoms with Gasteiger partial charge in [-0.25, -0.2) is 8.42 Å². The van der Waals surface area contributed by atoms with Crippen molar-refractivity contribution in [3.63, 3.8) is 0 Å². The van der Waals surface area contributed by atoms with Crippen molar-refractivity contribution in [3.05, 3.63) is 69.7 Å². The lowest BCUT2D eigenvalue weighted by molar-refractivity contribution is -0.122. The van der Waals surface area contributed by atoms with Crippen LogP contribution in [0.2, 0.25) is 5.02 Å². The molecule has 2 aromatic carbocycles. The van der Waals surface area contributed by atoms with E-state index in [2.05, 4.69) is 5.32 Å². The van der Waals surface area contributed by atoms with Crippen LogP contribution in [0.3, 0.4) is 0 Å². The molecule has 1 amide bonds. The van der Waals surface area contributed by atoms with E-state index in [9.17, 15) is 13.2 Å². The Balaban J connectivity index is 2.12. The summed E-state index contributed by atoms with van der Waals surface area (Å²) in [5.41, 5.74) is 3.85. The van der Waals surface area contributed by atoms with Crippen molar-refractivity contribution < 1.29 is 13.2 Å². The predicted molar refractivity (Wildman–Crippen MR) is 109 cm³/mol. The second-order valence-corrected chi connectivity index (χ2v) is 9.16. The summed E-state index contributed by atoms with van der Waals surface area (Å²) in [7, 11) is -3.58. The molecule has 0 aliphatic heterocycles. The molecule has 7 heteroatoms. The molecule has 5 nitrogen and oxygen atoms in total. The van der Waals surface area contributed by atoms with Crippen molar-refractivity contribution in [2.75, 3.05) is 12.8 Å². The third-order valence-electron chi connectivity index (χ3n) is 4.37. The first-order valence-electron chi connectivity index (χ1n) is 8.63. The maximum Gasteiger partial charge on any atom is 0.235 e. The Bertz CT molecular complexity index is 929. The molecule has 0 aliphatic rings. The molecule has 0 fully saturated rings. The molecule has 2 aromatic rings. The highest BCUT2D eigenvalue weighted by Crippen LogP contribution is 2.20. The zero-order chi connectivity index (χ0) is 20.2. The highest BCUT2D eigenvalue weighted by Gasteiger charge is 2.22. The quantitative estimate of drug-likeness (QED) is 0.761. The summed E-state index contributed by atoms with van der Waals surface area (Å²) >= 11 is 6.13. The van der Waals surface area contributed by atoms with Crippen LogP contribution in [0.15, 0.2) is 42.5 Å². The van der Waals surface area contributed by atoms with Crippen LogP contribution in [0.1, 0.15) is 35.2 Å². The predicted octanol–water partition coefficient (Wildman–Crippen LogP) is 3.60. The summed E-state index contributed by atoms with van der Waals surface area (Å²) < 4.78 is 25.4. The zero-order valence-electron chi connectivity index (χ0n) is 16.0. The Labute approximate surface area is 166 Å². The van der Waals surface area contributed by atoms with Crippen LogP contribution in [-0.2, 0) is 21.4 Å². The summed E-state index contributed by atoms with van der Waals surface area (Å²) in [4.78, 5) is 12.5. The van der Waals surface area contributed by atoms with Crippen molar-refractivity contribution >= 4 is 27.5 Å². The third-order valence-corrected chi connectivity index (χ3v) is 5.94. The monoisotopic (exact) mass is 408 g/mol. The first kappa shape index (κ1) is 21.4. The number of benzene rings is 2. The van der Waals surface area contributed by atoms with E-state index in [-0.39, 0.29) is 25.0 Å². The molecular weight excluding hydrogens is 384 g/mol. The number of aryl methyl sites for hydroxylation is 2. The summed E-state index contributed by atoms with van der Waals surface area (Å²) in [6.45, 7) is 5.64. The second kappa shape index (κ2) is 8.87. The number of carbonyl (C=O) groups is 1. The van der Waals surface area contributed by atoms with Crippen molar-refractivity contribution in [1.82, 2.24) is 9.62 Å². The minimum absolute atomic E-state index is 0.0454. The number of sulfonamides is 1. The number of rotatable bonds is 7. The number of nitrogens with one attached hydrogen (secondary N) is 1. The molecule has 0 aromatic heterocycles. The van der Waals surface area contributed by atoms with E-state index in [1.165, 1.54) is 0 Å². The molecule has 0 bridgehead atoms. The third kappa shape index (κ3) is 6.06. The van der Waals surface area contributed by atoms with Crippen LogP contribution in [0.25, 0.3) is 0 Å². The lowest BCUT2D eigenvalue weighted by atomic mass is 10.00. The van der Waals surface area contributed by atoms with Gasteiger partial charge < -0.3 is 5.32 Å². The van der Waals surface area contributed by atoms with Crippen molar-refractivity contribution in [1.29, 1.82) is 0 Å². The SMILES string of the molecule is Cc1ccc(C)c(C(C)NC(=O)CN(Cc2ccccc2Cl)S(C)(=O)=O)c1. The first-order valence-corrected chi connectivity index (χ1v) is 10.9.